The van der Waals surface area contributed by atoms with E-state index in [0.717, 1.165) is 17.9 Å². The molecule has 0 saturated carbocycles. The van der Waals surface area contributed by atoms with Crippen LogP contribution in [0.4, 0.5) is 0 Å². The smallest absolute Gasteiger partial charge is 0.0949 e. The van der Waals surface area contributed by atoms with Crippen LogP contribution >= 0.6 is 11.6 Å². The van der Waals surface area contributed by atoms with Crippen LogP contribution in [-0.4, -0.2) is 15.7 Å². The Morgan fingerprint density at radius 1 is 1.03 bits per heavy atom. The summed E-state index contributed by atoms with van der Waals surface area (Å²) >= 11 is 6.17. The number of fused-ring (bicyclic) bond motifs is 1. The van der Waals surface area contributed by atoms with Gasteiger partial charge in [-0.05, 0) is 53.8 Å². The summed E-state index contributed by atoms with van der Waals surface area (Å²) in [5, 5.41) is 3.22. The zero-order valence-corrected chi connectivity index (χ0v) is 17.3. The van der Waals surface area contributed by atoms with Crippen LogP contribution in [0.1, 0.15) is 30.5 Å². The van der Waals surface area contributed by atoms with Gasteiger partial charge in [-0.1, -0.05) is 66.2 Å². The Morgan fingerprint density at radius 3 is 2.69 bits per heavy atom. The second kappa shape index (κ2) is 9.25. The number of halogens is 1. The second-order valence-electron chi connectivity index (χ2n) is 7.40. The lowest BCUT2D eigenvalue weighted by Crippen LogP contribution is -2.24. The maximum absolute atomic E-state index is 6.24. The van der Waals surface area contributed by atoms with Crippen molar-refractivity contribution < 1.29 is 4.74 Å². The number of aryl methyl sites for hydroxylation is 1. The lowest BCUT2D eigenvalue weighted by Gasteiger charge is -2.26. The molecule has 0 fully saturated rings. The summed E-state index contributed by atoms with van der Waals surface area (Å²) in [6.45, 7) is 2.76. The third-order valence-electron chi connectivity index (χ3n) is 5.45. The van der Waals surface area contributed by atoms with Gasteiger partial charge in [-0.2, -0.15) is 0 Å². The molecule has 0 aliphatic carbocycles. The molecular formula is C25H25ClN2O. The molecule has 0 aliphatic rings. The number of hydrogen-bond acceptors (Lipinski definition) is 2. The van der Waals surface area contributed by atoms with Crippen molar-refractivity contribution in [2.75, 3.05) is 0 Å². The monoisotopic (exact) mass is 404 g/mol. The molecule has 1 heterocycles. The molecule has 29 heavy (non-hydrogen) atoms. The highest BCUT2D eigenvalue weighted by Crippen LogP contribution is 2.27. The lowest BCUT2D eigenvalue weighted by molar-refractivity contribution is 0.0149. The van der Waals surface area contributed by atoms with Crippen molar-refractivity contribution in [2.24, 2.45) is 0 Å². The Balaban J connectivity index is 1.49. The Bertz CT molecular complexity index is 1050. The molecule has 0 unspecified atom stereocenters. The standard InChI is InChI=1S/C25H25ClN2O/c1-19(29-17-20-6-3-2-4-7-20)25(28-15-14-27-18-28)13-10-21-8-5-9-22-16-23(26)11-12-24(21)22/h2-9,11-12,14-16,18-19,25H,10,13,17H2,1H3/t19-,25+/m0/s1. The van der Waals surface area contributed by atoms with Crippen LogP contribution in [0, 0.1) is 0 Å². The van der Waals surface area contributed by atoms with E-state index in [9.17, 15) is 0 Å². The van der Waals surface area contributed by atoms with Gasteiger partial charge in [0.15, 0.2) is 0 Å². The van der Waals surface area contributed by atoms with Crippen molar-refractivity contribution in [3.63, 3.8) is 0 Å². The molecule has 3 aromatic carbocycles. The maximum atomic E-state index is 6.24. The van der Waals surface area contributed by atoms with Gasteiger partial charge in [-0.3, -0.25) is 0 Å². The molecule has 0 saturated heterocycles. The Morgan fingerprint density at radius 2 is 1.90 bits per heavy atom. The predicted octanol–water partition coefficient (Wildman–Crippen LogP) is 6.47. The molecule has 0 aliphatic heterocycles. The fraction of sp³-hybridized carbons (Fsp3) is 0.240. The minimum absolute atomic E-state index is 0.0637. The number of imidazole rings is 1. The fourth-order valence-corrected chi connectivity index (χ4v) is 4.03. The van der Waals surface area contributed by atoms with Crippen molar-refractivity contribution in [1.82, 2.24) is 9.55 Å². The van der Waals surface area contributed by atoms with E-state index in [1.54, 1.807) is 0 Å². The molecule has 1 aromatic heterocycles. The third-order valence-corrected chi connectivity index (χ3v) is 5.68. The maximum Gasteiger partial charge on any atom is 0.0949 e. The number of rotatable bonds is 8. The van der Waals surface area contributed by atoms with Crippen molar-refractivity contribution in [3.8, 4) is 0 Å². The fourth-order valence-electron chi connectivity index (χ4n) is 3.85. The normalized spacial score (nSPS) is 13.4. The summed E-state index contributed by atoms with van der Waals surface area (Å²) in [6.07, 6.45) is 7.73. The molecule has 4 heteroatoms. The van der Waals surface area contributed by atoms with Crippen LogP contribution in [-0.2, 0) is 17.8 Å². The van der Waals surface area contributed by atoms with E-state index in [1.807, 2.05) is 49.1 Å². The summed E-state index contributed by atoms with van der Waals surface area (Å²) in [7, 11) is 0. The summed E-state index contributed by atoms with van der Waals surface area (Å²) in [6, 6.07) is 23.1. The highest BCUT2D eigenvalue weighted by atomic mass is 35.5. The van der Waals surface area contributed by atoms with Crippen LogP contribution in [0.5, 0.6) is 0 Å². The first-order valence-electron chi connectivity index (χ1n) is 10.0. The van der Waals surface area contributed by atoms with Gasteiger partial charge in [-0.25, -0.2) is 4.98 Å². The molecular weight excluding hydrogens is 380 g/mol. The van der Waals surface area contributed by atoms with Crippen LogP contribution in [0.15, 0.2) is 85.5 Å². The van der Waals surface area contributed by atoms with E-state index in [2.05, 4.69) is 52.9 Å². The first kappa shape index (κ1) is 19.7. The minimum Gasteiger partial charge on any atom is -0.372 e. The molecule has 0 amide bonds. The summed E-state index contributed by atoms with van der Waals surface area (Å²) in [4.78, 5) is 4.25. The number of ether oxygens (including phenoxy) is 1. The Labute approximate surface area is 176 Å². The zero-order chi connectivity index (χ0) is 20.1. The number of benzene rings is 3. The van der Waals surface area contributed by atoms with Gasteiger partial charge < -0.3 is 9.30 Å². The predicted molar refractivity (Wildman–Crippen MR) is 119 cm³/mol. The van der Waals surface area contributed by atoms with Gasteiger partial charge in [0, 0.05) is 17.4 Å². The number of aromatic nitrogens is 2. The van der Waals surface area contributed by atoms with E-state index in [1.165, 1.54) is 21.9 Å². The van der Waals surface area contributed by atoms with Crippen molar-refractivity contribution >= 4 is 22.4 Å². The average molecular weight is 405 g/mol. The van der Waals surface area contributed by atoms with Gasteiger partial charge in [0.05, 0.1) is 25.1 Å². The number of hydrogen-bond donors (Lipinski definition) is 0. The highest BCUT2D eigenvalue weighted by Gasteiger charge is 2.20. The van der Waals surface area contributed by atoms with E-state index >= 15 is 0 Å². The first-order valence-corrected chi connectivity index (χ1v) is 10.4. The van der Waals surface area contributed by atoms with Crippen molar-refractivity contribution in [3.05, 3.63) is 102 Å². The summed E-state index contributed by atoms with van der Waals surface area (Å²) < 4.78 is 8.40. The Kier molecular flexibility index (Phi) is 6.28. The molecule has 148 valence electrons. The van der Waals surface area contributed by atoms with E-state index < -0.39 is 0 Å². The minimum atomic E-state index is 0.0637. The molecule has 0 radical (unpaired) electrons. The largest absolute Gasteiger partial charge is 0.372 e. The second-order valence-corrected chi connectivity index (χ2v) is 7.84. The first-order chi connectivity index (χ1) is 14.2. The van der Waals surface area contributed by atoms with E-state index in [-0.39, 0.29) is 12.1 Å². The van der Waals surface area contributed by atoms with Crippen LogP contribution < -0.4 is 0 Å². The molecule has 4 aromatic rings. The summed E-state index contributed by atoms with van der Waals surface area (Å²) in [5.41, 5.74) is 2.52. The van der Waals surface area contributed by atoms with Crippen LogP contribution in [0.3, 0.4) is 0 Å². The molecule has 4 rings (SSSR count). The van der Waals surface area contributed by atoms with E-state index in [4.69, 9.17) is 16.3 Å². The van der Waals surface area contributed by atoms with Gasteiger partial charge in [0.25, 0.3) is 0 Å². The van der Waals surface area contributed by atoms with Gasteiger partial charge in [0.2, 0.25) is 0 Å². The molecule has 3 nitrogen and oxygen atoms in total. The molecule has 0 bridgehead atoms. The topological polar surface area (TPSA) is 27.1 Å². The third kappa shape index (κ3) is 4.87. The van der Waals surface area contributed by atoms with Gasteiger partial charge in [0.1, 0.15) is 0 Å². The average Bonchev–Trinajstić information content (AvgIpc) is 3.27. The molecule has 0 spiro atoms. The Hall–Kier alpha value is -2.62. The zero-order valence-electron chi connectivity index (χ0n) is 16.5. The van der Waals surface area contributed by atoms with Crippen LogP contribution in [0.25, 0.3) is 10.8 Å². The van der Waals surface area contributed by atoms with Crippen LogP contribution in [0.2, 0.25) is 5.02 Å². The SMILES string of the molecule is C[C@H](OCc1ccccc1)[C@@H](CCc1cccc2cc(Cl)ccc12)n1ccnc1. The quantitative estimate of drug-likeness (QED) is 0.336. The summed E-state index contributed by atoms with van der Waals surface area (Å²) in [5.74, 6) is 0. The lowest BCUT2D eigenvalue weighted by atomic mass is 9.97. The van der Waals surface area contributed by atoms with Gasteiger partial charge in [-0.15, -0.1) is 0 Å². The number of nitrogens with zero attached hydrogens (tertiary/aromatic N) is 2. The molecule has 2 atom stereocenters. The van der Waals surface area contributed by atoms with Crippen molar-refractivity contribution in [2.45, 2.75) is 38.5 Å². The highest BCUT2D eigenvalue weighted by molar-refractivity contribution is 6.31. The molecule has 0 N–H and O–H groups in total. The van der Waals surface area contributed by atoms with Gasteiger partial charge >= 0.3 is 0 Å². The van der Waals surface area contributed by atoms with Crippen molar-refractivity contribution in [1.29, 1.82) is 0 Å². The van der Waals surface area contributed by atoms with E-state index in [0.29, 0.717) is 6.61 Å².